The fourth-order valence-corrected chi connectivity index (χ4v) is 3.24. The van der Waals surface area contributed by atoms with Crippen LogP contribution in [0, 0.1) is 0 Å². The van der Waals surface area contributed by atoms with Crippen LogP contribution in [-0.2, 0) is 4.79 Å². The van der Waals surface area contributed by atoms with Crippen molar-refractivity contribution < 1.29 is 19.4 Å². The molecule has 0 saturated heterocycles. The Kier molecular flexibility index (Phi) is 7.37. The van der Waals surface area contributed by atoms with Crippen LogP contribution in [0.25, 0.3) is 0 Å². The summed E-state index contributed by atoms with van der Waals surface area (Å²) in [6, 6.07) is 5.61. The molecule has 1 aliphatic rings. The Morgan fingerprint density at radius 3 is 2.54 bits per heavy atom. The number of aliphatic hydroxyl groups is 1. The summed E-state index contributed by atoms with van der Waals surface area (Å²) in [4.78, 5) is 12.1. The van der Waals surface area contributed by atoms with E-state index in [1.807, 2.05) is 0 Å². The van der Waals surface area contributed by atoms with Gasteiger partial charge in [0.25, 0.3) is 0 Å². The molecule has 1 amide bonds. The number of hydrogen-bond acceptors (Lipinski definition) is 4. The highest BCUT2D eigenvalue weighted by molar-refractivity contribution is 5.76. The van der Waals surface area contributed by atoms with E-state index in [0.29, 0.717) is 35.9 Å². The van der Waals surface area contributed by atoms with Gasteiger partial charge in [-0.1, -0.05) is 25.7 Å². The lowest BCUT2D eigenvalue weighted by atomic mass is 10.0. The molecule has 0 heterocycles. The number of carbonyl (C=O) groups is 1. The van der Waals surface area contributed by atoms with Crippen molar-refractivity contribution >= 4 is 5.91 Å². The summed E-state index contributed by atoms with van der Waals surface area (Å²) in [6.45, 7) is 0. The molecule has 5 heteroatoms. The Hall–Kier alpha value is -1.75. The number of methoxy groups -OCH3 is 2. The Bertz CT molecular complexity index is 524. The van der Waals surface area contributed by atoms with Gasteiger partial charge in [0.1, 0.15) is 11.5 Å². The molecule has 24 heavy (non-hydrogen) atoms. The van der Waals surface area contributed by atoms with Gasteiger partial charge in [-0.2, -0.15) is 0 Å². The van der Waals surface area contributed by atoms with Gasteiger partial charge in [-0.05, 0) is 31.4 Å². The van der Waals surface area contributed by atoms with Crippen molar-refractivity contribution in [3.8, 4) is 11.5 Å². The summed E-state index contributed by atoms with van der Waals surface area (Å²) in [5, 5.41) is 13.5. The van der Waals surface area contributed by atoms with E-state index in [-0.39, 0.29) is 5.91 Å². The molecule has 1 atom stereocenters. The molecule has 2 rings (SSSR count). The first-order valence-electron chi connectivity index (χ1n) is 8.83. The van der Waals surface area contributed by atoms with Crippen molar-refractivity contribution in [1.29, 1.82) is 0 Å². The third kappa shape index (κ3) is 5.41. The van der Waals surface area contributed by atoms with E-state index in [1.54, 1.807) is 32.4 Å². The quantitative estimate of drug-likeness (QED) is 0.750. The summed E-state index contributed by atoms with van der Waals surface area (Å²) >= 11 is 0. The van der Waals surface area contributed by atoms with Crippen LogP contribution in [-0.4, -0.2) is 31.3 Å². The number of ether oxygens (including phenoxy) is 2. The first kappa shape index (κ1) is 18.6. The Morgan fingerprint density at radius 1 is 1.21 bits per heavy atom. The second-order valence-corrected chi connectivity index (χ2v) is 6.42. The van der Waals surface area contributed by atoms with Crippen LogP contribution in [0.4, 0.5) is 0 Å². The van der Waals surface area contributed by atoms with E-state index in [1.165, 1.54) is 25.7 Å². The van der Waals surface area contributed by atoms with Gasteiger partial charge >= 0.3 is 0 Å². The summed E-state index contributed by atoms with van der Waals surface area (Å²) in [5.41, 5.74) is 0.681. The molecule has 5 nitrogen and oxygen atoms in total. The highest BCUT2D eigenvalue weighted by Crippen LogP contribution is 2.31. The lowest BCUT2D eigenvalue weighted by Gasteiger charge is -2.18. The van der Waals surface area contributed by atoms with E-state index in [2.05, 4.69) is 5.32 Å². The van der Waals surface area contributed by atoms with E-state index < -0.39 is 6.10 Å². The molecule has 0 bridgehead atoms. The predicted octanol–water partition coefficient (Wildman–Crippen LogP) is 3.36. The molecule has 0 aromatic heterocycles. The SMILES string of the molecule is COc1ccc(C(O)CCC(=O)NC2CCCCCC2)c(OC)c1. The summed E-state index contributed by atoms with van der Waals surface area (Å²) in [7, 11) is 3.15. The van der Waals surface area contributed by atoms with Crippen molar-refractivity contribution in [2.24, 2.45) is 0 Å². The van der Waals surface area contributed by atoms with Crippen molar-refractivity contribution in [3.63, 3.8) is 0 Å². The number of aliphatic hydroxyl groups excluding tert-OH is 1. The maximum Gasteiger partial charge on any atom is 0.220 e. The monoisotopic (exact) mass is 335 g/mol. The van der Waals surface area contributed by atoms with Gasteiger partial charge in [-0.15, -0.1) is 0 Å². The molecule has 0 radical (unpaired) electrons. The summed E-state index contributed by atoms with van der Waals surface area (Å²) in [5.74, 6) is 1.27. The molecule has 1 aromatic carbocycles. The number of carbonyl (C=O) groups excluding carboxylic acids is 1. The minimum atomic E-state index is -0.731. The van der Waals surface area contributed by atoms with Gasteiger partial charge in [0.15, 0.2) is 0 Å². The molecule has 1 aliphatic carbocycles. The number of amides is 1. The van der Waals surface area contributed by atoms with Gasteiger partial charge in [-0.25, -0.2) is 0 Å². The second kappa shape index (κ2) is 9.52. The fourth-order valence-electron chi connectivity index (χ4n) is 3.24. The molecule has 2 N–H and O–H groups in total. The molecule has 1 fully saturated rings. The minimum absolute atomic E-state index is 0.0217. The van der Waals surface area contributed by atoms with Crippen LogP contribution in [0.1, 0.15) is 63.0 Å². The maximum atomic E-state index is 12.1. The molecular formula is C19H29NO4. The number of benzene rings is 1. The lowest BCUT2D eigenvalue weighted by molar-refractivity contribution is -0.122. The average molecular weight is 335 g/mol. The molecule has 0 spiro atoms. The van der Waals surface area contributed by atoms with Crippen molar-refractivity contribution in [1.82, 2.24) is 5.32 Å². The van der Waals surface area contributed by atoms with Crippen LogP contribution in [0.3, 0.4) is 0 Å². The number of hydrogen-bond donors (Lipinski definition) is 2. The largest absolute Gasteiger partial charge is 0.497 e. The normalized spacial score (nSPS) is 17.0. The zero-order valence-electron chi connectivity index (χ0n) is 14.7. The van der Waals surface area contributed by atoms with E-state index in [4.69, 9.17) is 9.47 Å². The third-order valence-corrected chi connectivity index (χ3v) is 4.66. The highest BCUT2D eigenvalue weighted by Gasteiger charge is 2.18. The Labute approximate surface area is 144 Å². The standard InChI is InChI=1S/C19H29NO4/c1-23-15-9-10-16(18(13-15)24-2)17(21)11-12-19(22)20-14-7-5-3-4-6-8-14/h9-10,13-14,17,21H,3-8,11-12H2,1-2H3,(H,20,22). The first-order chi connectivity index (χ1) is 11.6. The fraction of sp³-hybridized carbons (Fsp3) is 0.632. The van der Waals surface area contributed by atoms with Crippen LogP contribution >= 0.6 is 0 Å². The minimum Gasteiger partial charge on any atom is -0.497 e. The van der Waals surface area contributed by atoms with Crippen LogP contribution < -0.4 is 14.8 Å². The predicted molar refractivity (Wildman–Crippen MR) is 93.4 cm³/mol. The topological polar surface area (TPSA) is 67.8 Å². The van der Waals surface area contributed by atoms with Gasteiger partial charge in [0.2, 0.25) is 5.91 Å². The molecule has 0 aliphatic heterocycles. The third-order valence-electron chi connectivity index (χ3n) is 4.66. The lowest BCUT2D eigenvalue weighted by Crippen LogP contribution is -2.34. The second-order valence-electron chi connectivity index (χ2n) is 6.42. The molecule has 1 saturated carbocycles. The van der Waals surface area contributed by atoms with E-state index in [9.17, 15) is 9.90 Å². The zero-order valence-corrected chi connectivity index (χ0v) is 14.7. The highest BCUT2D eigenvalue weighted by atomic mass is 16.5. The van der Waals surface area contributed by atoms with Gasteiger partial charge in [0, 0.05) is 24.1 Å². The van der Waals surface area contributed by atoms with Gasteiger partial charge in [0.05, 0.1) is 20.3 Å². The summed E-state index contributed by atoms with van der Waals surface area (Å²) in [6.07, 6.45) is 7.01. The molecule has 1 unspecified atom stereocenters. The zero-order chi connectivity index (χ0) is 17.4. The number of rotatable bonds is 7. The average Bonchev–Trinajstić information content (AvgIpc) is 2.87. The first-order valence-corrected chi connectivity index (χ1v) is 8.83. The molecule has 1 aromatic rings. The van der Waals surface area contributed by atoms with Crippen LogP contribution in [0.15, 0.2) is 18.2 Å². The summed E-state index contributed by atoms with van der Waals surface area (Å²) < 4.78 is 10.5. The van der Waals surface area contributed by atoms with E-state index >= 15 is 0 Å². The Balaban J connectivity index is 1.85. The van der Waals surface area contributed by atoms with Crippen LogP contribution in [0.2, 0.25) is 0 Å². The smallest absolute Gasteiger partial charge is 0.220 e. The van der Waals surface area contributed by atoms with Crippen molar-refractivity contribution in [3.05, 3.63) is 23.8 Å². The van der Waals surface area contributed by atoms with Gasteiger partial charge < -0.3 is 19.9 Å². The van der Waals surface area contributed by atoms with Gasteiger partial charge in [-0.3, -0.25) is 4.79 Å². The molecule has 134 valence electrons. The molecular weight excluding hydrogens is 306 g/mol. The Morgan fingerprint density at radius 2 is 1.92 bits per heavy atom. The maximum absolute atomic E-state index is 12.1. The van der Waals surface area contributed by atoms with Crippen molar-refractivity contribution in [2.45, 2.75) is 63.5 Å². The van der Waals surface area contributed by atoms with Crippen LogP contribution in [0.5, 0.6) is 11.5 Å². The number of nitrogens with one attached hydrogen (secondary N) is 1. The van der Waals surface area contributed by atoms with Crippen molar-refractivity contribution in [2.75, 3.05) is 14.2 Å². The van der Waals surface area contributed by atoms with E-state index in [0.717, 1.165) is 12.8 Å².